The maximum Gasteiger partial charge on any atom is 0.267 e. The van der Waals surface area contributed by atoms with Gasteiger partial charge in [-0.15, -0.1) is 11.8 Å². The van der Waals surface area contributed by atoms with Gasteiger partial charge in [-0.2, -0.15) is 0 Å². The Bertz CT molecular complexity index is 704. The highest BCUT2D eigenvalue weighted by molar-refractivity contribution is 8.00. The number of rotatable bonds is 5. The predicted molar refractivity (Wildman–Crippen MR) is 84.7 cm³/mol. The van der Waals surface area contributed by atoms with E-state index in [1.165, 1.54) is 4.90 Å². The van der Waals surface area contributed by atoms with E-state index in [-0.39, 0.29) is 5.91 Å². The standard InChI is InChI=1S/C16H16N2O2S/c1-11(21-12-5-3-2-4-6-12)10-17-16(19)14-9-15-13(18-14)7-8-20-15/h2-9,11,18H,10H2,1H3,(H,17,19)/t11-/m0/s1. The molecule has 5 heteroatoms. The van der Waals surface area contributed by atoms with Crippen molar-refractivity contribution in [1.29, 1.82) is 0 Å². The average Bonchev–Trinajstić information content (AvgIpc) is 3.07. The summed E-state index contributed by atoms with van der Waals surface area (Å²) in [5, 5.41) is 3.24. The van der Waals surface area contributed by atoms with E-state index in [1.54, 1.807) is 30.2 Å². The van der Waals surface area contributed by atoms with E-state index < -0.39 is 0 Å². The Balaban J connectivity index is 1.54. The van der Waals surface area contributed by atoms with Gasteiger partial charge in [0.1, 0.15) is 5.69 Å². The Morgan fingerprint density at radius 2 is 2.14 bits per heavy atom. The van der Waals surface area contributed by atoms with E-state index in [0.29, 0.717) is 23.1 Å². The number of hydrogen-bond acceptors (Lipinski definition) is 3. The fraction of sp³-hybridized carbons (Fsp3) is 0.188. The molecule has 0 saturated carbocycles. The number of furan rings is 1. The number of benzene rings is 1. The van der Waals surface area contributed by atoms with E-state index >= 15 is 0 Å². The number of nitrogens with one attached hydrogen (secondary N) is 2. The number of carbonyl (C=O) groups excluding carboxylic acids is 1. The second-order valence-corrected chi connectivity index (χ2v) is 6.34. The van der Waals surface area contributed by atoms with Crippen LogP contribution in [0.4, 0.5) is 0 Å². The fourth-order valence-corrected chi connectivity index (χ4v) is 3.02. The van der Waals surface area contributed by atoms with Crippen molar-refractivity contribution < 1.29 is 9.21 Å². The summed E-state index contributed by atoms with van der Waals surface area (Å²) in [5.74, 6) is -0.109. The molecule has 0 radical (unpaired) electrons. The Hall–Kier alpha value is -2.14. The van der Waals surface area contributed by atoms with Crippen molar-refractivity contribution in [2.45, 2.75) is 17.1 Å². The number of hydrogen-bond donors (Lipinski definition) is 2. The molecule has 0 saturated heterocycles. The van der Waals surface area contributed by atoms with Crippen LogP contribution in [-0.4, -0.2) is 22.7 Å². The van der Waals surface area contributed by atoms with Gasteiger partial charge in [0, 0.05) is 28.8 Å². The van der Waals surface area contributed by atoms with Gasteiger partial charge in [-0.25, -0.2) is 0 Å². The van der Waals surface area contributed by atoms with E-state index in [2.05, 4.69) is 29.4 Å². The first-order valence-corrected chi connectivity index (χ1v) is 7.66. The molecule has 0 aliphatic carbocycles. The van der Waals surface area contributed by atoms with Crippen molar-refractivity contribution in [2.24, 2.45) is 0 Å². The van der Waals surface area contributed by atoms with Crippen molar-refractivity contribution >= 4 is 28.8 Å². The maximum atomic E-state index is 12.1. The third-order valence-electron chi connectivity index (χ3n) is 3.12. The molecule has 4 nitrogen and oxygen atoms in total. The lowest BCUT2D eigenvalue weighted by molar-refractivity contribution is 0.0950. The van der Waals surface area contributed by atoms with Gasteiger partial charge in [0.15, 0.2) is 5.58 Å². The Kier molecular flexibility index (Phi) is 4.01. The Labute approximate surface area is 126 Å². The van der Waals surface area contributed by atoms with Crippen molar-refractivity contribution in [3.8, 4) is 0 Å². The first-order chi connectivity index (χ1) is 10.2. The van der Waals surface area contributed by atoms with Crippen molar-refractivity contribution in [3.05, 3.63) is 54.4 Å². The smallest absolute Gasteiger partial charge is 0.267 e. The molecule has 1 atom stereocenters. The van der Waals surface area contributed by atoms with E-state index in [0.717, 1.165) is 5.52 Å². The molecule has 0 bridgehead atoms. The fourth-order valence-electron chi connectivity index (χ4n) is 2.08. The van der Waals surface area contributed by atoms with Gasteiger partial charge in [-0.1, -0.05) is 25.1 Å². The maximum absolute atomic E-state index is 12.1. The SMILES string of the molecule is C[C@@H](CNC(=O)c1cc2occc2[nH]1)Sc1ccccc1. The summed E-state index contributed by atoms with van der Waals surface area (Å²) in [7, 11) is 0. The summed E-state index contributed by atoms with van der Waals surface area (Å²) in [6.45, 7) is 2.71. The molecule has 0 aliphatic heterocycles. The second kappa shape index (κ2) is 6.10. The number of thioether (sulfide) groups is 1. The molecule has 0 unspecified atom stereocenters. The second-order valence-electron chi connectivity index (χ2n) is 4.83. The van der Waals surface area contributed by atoms with Gasteiger partial charge in [-0.05, 0) is 12.1 Å². The zero-order valence-electron chi connectivity index (χ0n) is 11.6. The van der Waals surface area contributed by atoms with Crippen LogP contribution in [-0.2, 0) is 0 Å². The molecule has 3 rings (SSSR count). The Morgan fingerprint density at radius 3 is 2.90 bits per heavy atom. The minimum atomic E-state index is -0.109. The number of amides is 1. The topological polar surface area (TPSA) is 58.0 Å². The van der Waals surface area contributed by atoms with Gasteiger partial charge < -0.3 is 14.7 Å². The van der Waals surface area contributed by atoms with Crippen LogP contribution in [0.3, 0.4) is 0 Å². The third kappa shape index (κ3) is 3.31. The molecular formula is C16H16N2O2S. The lowest BCUT2D eigenvalue weighted by Gasteiger charge is -2.11. The van der Waals surface area contributed by atoms with Gasteiger partial charge >= 0.3 is 0 Å². The Morgan fingerprint density at radius 1 is 1.33 bits per heavy atom. The third-order valence-corrected chi connectivity index (χ3v) is 4.23. The molecule has 2 N–H and O–H groups in total. The van der Waals surface area contributed by atoms with Gasteiger partial charge in [0.25, 0.3) is 5.91 Å². The van der Waals surface area contributed by atoms with E-state index in [9.17, 15) is 4.79 Å². The van der Waals surface area contributed by atoms with Crippen LogP contribution >= 0.6 is 11.8 Å². The quantitative estimate of drug-likeness (QED) is 0.707. The van der Waals surface area contributed by atoms with Crippen molar-refractivity contribution in [1.82, 2.24) is 10.3 Å². The monoisotopic (exact) mass is 300 g/mol. The number of carbonyl (C=O) groups is 1. The first kappa shape index (κ1) is 13.8. The minimum absolute atomic E-state index is 0.109. The van der Waals surface area contributed by atoms with Crippen LogP contribution in [0.2, 0.25) is 0 Å². The molecule has 3 aromatic rings. The van der Waals surface area contributed by atoms with Crippen molar-refractivity contribution in [3.63, 3.8) is 0 Å². The number of aromatic nitrogens is 1. The van der Waals surface area contributed by atoms with Crippen LogP contribution in [0.1, 0.15) is 17.4 Å². The van der Waals surface area contributed by atoms with Crippen LogP contribution in [0.15, 0.2) is 58.0 Å². The lowest BCUT2D eigenvalue weighted by Crippen LogP contribution is -2.29. The summed E-state index contributed by atoms with van der Waals surface area (Å²) in [6.07, 6.45) is 1.60. The molecule has 108 valence electrons. The van der Waals surface area contributed by atoms with Gasteiger partial charge in [0.2, 0.25) is 0 Å². The number of H-pyrrole nitrogens is 1. The highest BCUT2D eigenvalue weighted by Gasteiger charge is 2.12. The van der Waals surface area contributed by atoms with Crippen LogP contribution in [0, 0.1) is 0 Å². The molecule has 1 aromatic carbocycles. The number of aromatic amines is 1. The van der Waals surface area contributed by atoms with Crippen molar-refractivity contribution in [2.75, 3.05) is 6.54 Å². The van der Waals surface area contributed by atoms with E-state index in [1.807, 2.05) is 18.2 Å². The van der Waals surface area contributed by atoms with Crippen LogP contribution < -0.4 is 5.32 Å². The minimum Gasteiger partial charge on any atom is -0.463 e. The molecule has 2 heterocycles. The molecule has 0 aliphatic rings. The molecule has 0 fully saturated rings. The highest BCUT2D eigenvalue weighted by atomic mass is 32.2. The zero-order valence-corrected chi connectivity index (χ0v) is 12.4. The van der Waals surface area contributed by atoms with E-state index in [4.69, 9.17) is 4.42 Å². The number of fused-ring (bicyclic) bond motifs is 1. The highest BCUT2D eigenvalue weighted by Crippen LogP contribution is 2.22. The van der Waals surface area contributed by atoms with Crippen LogP contribution in [0.5, 0.6) is 0 Å². The normalized spacial score (nSPS) is 12.4. The molecular weight excluding hydrogens is 284 g/mol. The molecule has 1 amide bonds. The molecule has 21 heavy (non-hydrogen) atoms. The predicted octanol–water partition coefficient (Wildman–Crippen LogP) is 3.67. The summed E-state index contributed by atoms with van der Waals surface area (Å²) in [5.41, 5.74) is 2.07. The summed E-state index contributed by atoms with van der Waals surface area (Å²) in [4.78, 5) is 16.3. The lowest BCUT2D eigenvalue weighted by atomic mass is 10.4. The van der Waals surface area contributed by atoms with Gasteiger partial charge in [-0.3, -0.25) is 4.79 Å². The average molecular weight is 300 g/mol. The van der Waals surface area contributed by atoms with Gasteiger partial charge in [0.05, 0.1) is 11.8 Å². The zero-order chi connectivity index (χ0) is 14.7. The first-order valence-electron chi connectivity index (χ1n) is 6.78. The largest absolute Gasteiger partial charge is 0.463 e. The summed E-state index contributed by atoms with van der Waals surface area (Å²) >= 11 is 1.74. The van der Waals surface area contributed by atoms with Crippen LogP contribution in [0.25, 0.3) is 11.1 Å². The molecule has 0 spiro atoms. The summed E-state index contributed by atoms with van der Waals surface area (Å²) < 4.78 is 5.24. The summed E-state index contributed by atoms with van der Waals surface area (Å²) in [6, 6.07) is 13.7. The molecule has 2 aromatic heterocycles.